The van der Waals surface area contributed by atoms with Crippen LogP contribution in [0.15, 0.2) is 46.9 Å². The fourth-order valence-electron chi connectivity index (χ4n) is 2.09. The molecule has 0 fully saturated rings. The van der Waals surface area contributed by atoms with Gasteiger partial charge >= 0.3 is 0 Å². The van der Waals surface area contributed by atoms with Gasteiger partial charge in [0.25, 0.3) is 0 Å². The molecule has 0 aliphatic heterocycles. The first-order valence-corrected chi connectivity index (χ1v) is 8.04. The van der Waals surface area contributed by atoms with Gasteiger partial charge < -0.3 is 9.55 Å². The zero-order valence-corrected chi connectivity index (χ0v) is 14.4. The maximum Gasteiger partial charge on any atom is 0.178 e. The normalized spacial score (nSPS) is 11.1. The number of aromatic nitrogens is 2. The van der Waals surface area contributed by atoms with Crippen molar-refractivity contribution in [1.29, 1.82) is 0 Å². The SMILES string of the molecule is S=c1[nH]c2cc(I)ccc2n1Cc1ccccc1Br. The smallest absolute Gasteiger partial charge is 0.178 e. The number of halogens is 2. The highest BCUT2D eigenvalue weighted by molar-refractivity contribution is 14.1. The highest BCUT2D eigenvalue weighted by Crippen LogP contribution is 2.22. The Kier molecular flexibility index (Phi) is 3.77. The van der Waals surface area contributed by atoms with Crippen LogP contribution in [0.2, 0.25) is 0 Å². The Labute approximate surface area is 138 Å². The third-order valence-corrected chi connectivity index (χ3v) is 4.79. The zero-order chi connectivity index (χ0) is 13.4. The Morgan fingerprint density at radius 2 is 2.00 bits per heavy atom. The summed E-state index contributed by atoms with van der Waals surface area (Å²) in [6, 6.07) is 14.5. The van der Waals surface area contributed by atoms with Crippen LogP contribution in [0.4, 0.5) is 0 Å². The number of H-pyrrole nitrogens is 1. The van der Waals surface area contributed by atoms with Crippen molar-refractivity contribution in [1.82, 2.24) is 9.55 Å². The largest absolute Gasteiger partial charge is 0.331 e. The summed E-state index contributed by atoms with van der Waals surface area (Å²) in [6.07, 6.45) is 0. The van der Waals surface area contributed by atoms with Crippen molar-refractivity contribution in [3.05, 3.63) is 60.8 Å². The third kappa shape index (κ3) is 2.64. The summed E-state index contributed by atoms with van der Waals surface area (Å²) in [5.41, 5.74) is 3.45. The minimum absolute atomic E-state index is 0.757. The lowest BCUT2D eigenvalue weighted by Gasteiger charge is -2.07. The van der Waals surface area contributed by atoms with E-state index in [0.717, 1.165) is 26.8 Å². The summed E-state index contributed by atoms with van der Waals surface area (Å²) < 4.78 is 5.19. The van der Waals surface area contributed by atoms with Crippen LogP contribution in [0.1, 0.15) is 5.56 Å². The monoisotopic (exact) mass is 444 g/mol. The molecule has 3 aromatic rings. The Morgan fingerprint density at radius 1 is 1.21 bits per heavy atom. The number of nitrogens with one attached hydrogen (secondary N) is 1. The molecule has 19 heavy (non-hydrogen) atoms. The molecule has 0 aliphatic rings. The molecule has 1 N–H and O–H groups in total. The summed E-state index contributed by atoms with van der Waals surface area (Å²) >= 11 is 11.3. The minimum atomic E-state index is 0.757. The number of fused-ring (bicyclic) bond motifs is 1. The summed E-state index contributed by atoms with van der Waals surface area (Å²) in [7, 11) is 0. The molecule has 0 atom stereocenters. The Balaban J connectivity index is 2.13. The number of benzene rings is 2. The van der Waals surface area contributed by atoms with Crippen molar-refractivity contribution >= 4 is 61.8 Å². The average molecular weight is 445 g/mol. The molecule has 2 nitrogen and oxygen atoms in total. The number of nitrogens with zero attached hydrogens (tertiary/aromatic N) is 1. The Morgan fingerprint density at radius 3 is 2.79 bits per heavy atom. The molecule has 0 spiro atoms. The van der Waals surface area contributed by atoms with E-state index in [2.05, 4.69) is 78.4 Å². The second-order valence-corrected chi connectivity index (χ2v) is 6.76. The van der Waals surface area contributed by atoms with Gasteiger partial charge in [0.1, 0.15) is 0 Å². The molecule has 1 heterocycles. The van der Waals surface area contributed by atoms with Crippen molar-refractivity contribution in [2.75, 3.05) is 0 Å². The number of imidazole rings is 1. The summed E-state index contributed by atoms with van der Waals surface area (Å²) in [6.45, 7) is 0.765. The predicted molar refractivity (Wildman–Crippen MR) is 93.1 cm³/mol. The second kappa shape index (κ2) is 5.38. The van der Waals surface area contributed by atoms with Crippen LogP contribution in [0.3, 0.4) is 0 Å². The number of aromatic amines is 1. The maximum atomic E-state index is 5.43. The van der Waals surface area contributed by atoms with E-state index >= 15 is 0 Å². The molecule has 0 amide bonds. The van der Waals surface area contributed by atoms with Crippen LogP contribution < -0.4 is 0 Å². The standard InChI is InChI=1S/C14H10BrIN2S/c15-11-4-2-1-3-9(11)8-18-13-6-5-10(16)7-12(13)17-14(18)19/h1-7H,8H2,(H,17,19). The molecular weight excluding hydrogens is 435 g/mol. The molecule has 5 heteroatoms. The van der Waals surface area contributed by atoms with Gasteiger partial charge in [0, 0.05) is 8.04 Å². The van der Waals surface area contributed by atoms with Crippen LogP contribution in [0.5, 0.6) is 0 Å². The van der Waals surface area contributed by atoms with Crippen molar-refractivity contribution in [2.45, 2.75) is 6.54 Å². The first-order chi connectivity index (χ1) is 9.15. The minimum Gasteiger partial charge on any atom is -0.331 e. The number of hydrogen-bond acceptors (Lipinski definition) is 1. The molecule has 1 aromatic heterocycles. The van der Waals surface area contributed by atoms with Crippen molar-refractivity contribution in [2.24, 2.45) is 0 Å². The lowest BCUT2D eigenvalue weighted by atomic mass is 10.2. The van der Waals surface area contributed by atoms with Gasteiger partial charge in [-0.1, -0.05) is 34.1 Å². The lowest BCUT2D eigenvalue weighted by Crippen LogP contribution is -2.00. The fraction of sp³-hybridized carbons (Fsp3) is 0.0714. The van der Waals surface area contributed by atoms with Crippen LogP contribution in [0.25, 0.3) is 11.0 Å². The molecular formula is C14H10BrIN2S. The van der Waals surface area contributed by atoms with E-state index in [-0.39, 0.29) is 0 Å². The summed E-state index contributed by atoms with van der Waals surface area (Å²) in [4.78, 5) is 3.27. The molecule has 0 bridgehead atoms. The van der Waals surface area contributed by atoms with Gasteiger partial charge in [0.2, 0.25) is 0 Å². The van der Waals surface area contributed by atoms with Gasteiger partial charge in [-0.3, -0.25) is 0 Å². The quantitative estimate of drug-likeness (QED) is 0.430. The van der Waals surface area contributed by atoms with Crippen molar-refractivity contribution < 1.29 is 0 Å². The van der Waals surface area contributed by atoms with E-state index in [9.17, 15) is 0 Å². The molecule has 3 rings (SSSR count). The predicted octanol–water partition coefficient (Wildman–Crippen LogP) is 5.11. The molecule has 96 valence electrons. The molecule has 0 saturated heterocycles. The van der Waals surface area contributed by atoms with E-state index in [1.54, 1.807) is 0 Å². The molecule has 2 aromatic carbocycles. The molecule has 0 saturated carbocycles. The van der Waals surface area contributed by atoms with Gasteiger partial charge in [-0.25, -0.2) is 0 Å². The van der Waals surface area contributed by atoms with E-state index in [4.69, 9.17) is 12.2 Å². The van der Waals surface area contributed by atoms with Crippen LogP contribution >= 0.6 is 50.7 Å². The highest BCUT2D eigenvalue weighted by atomic mass is 127. The zero-order valence-electron chi connectivity index (χ0n) is 9.86. The topological polar surface area (TPSA) is 20.7 Å². The molecule has 0 radical (unpaired) electrons. The van der Waals surface area contributed by atoms with Crippen LogP contribution in [0, 0.1) is 8.34 Å². The molecule has 0 unspecified atom stereocenters. The van der Waals surface area contributed by atoms with Gasteiger partial charge in [-0.05, 0) is 64.6 Å². The second-order valence-electron chi connectivity index (χ2n) is 4.27. The summed E-state index contributed by atoms with van der Waals surface area (Å²) in [5, 5.41) is 0. The highest BCUT2D eigenvalue weighted by Gasteiger charge is 2.07. The number of rotatable bonds is 2. The van der Waals surface area contributed by atoms with Crippen molar-refractivity contribution in [3.8, 4) is 0 Å². The fourth-order valence-corrected chi connectivity index (χ4v) is 3.26. The Bertz CT molecular complexity index is 807. The van der Waals surface area contributed by atoms with Crippen LogP contribution in [-0.2, 0) is 6.54 Å². The molecule has 0 aliphatic carbocycles. The van der Waals surface area contributed by atoms with Gasteiger partial charge in [0.05, 0.1) is 17.6 Å². The lowest BCUT2D eigenvalue weighted by molar-refractivity contribution is 0.807. The maximum absolute atomic E-state index is 5.43. The average Bonchev–Trinajstić information content (AvgIpc) is 2.68. The van der Waals surface area contributed by atoms with E-state index in [0.29, 0.717) is 0 Å². The third-order valence-electron chi connectivity index (χ3n) is 3.02. The van der Waals surface area contributed by atoms with Gasteiger partial charge in [-0.2, -0.15) is 0 Å². The number of hydrogen-bond donors (Lipinski definition) is 1. The van der Waals surface area contributed by atoms with Gasteiger partial charge in [0.15, 0.2) is 4.77 Å². The van der Waals surface area contributed by atoms with E-state index in [1.165, 1.54) is 9.13 Å². The van der Waals surface area contributed by atoms with E-state index in [1.807, 2.05) is 12.1 Å². The first kappa shape index (κ1) is 13.3. The Hall–Kier alpha value is -0.660. The summed E-state index contributed by atoms with van der Waals surface area (Å²) in [5.74, 6) is 0. The first-order valence-electron chi connectivity index (χ1n) is 5.76. The van der Waals surface area contributed by atoms with Crippen LogP contribution in [-0.4, -0.2) is 9.55 Å². The van der Waals surface area contributed by atoms with E-state index < -0.39 is 0 Å². The van der Waals surface area contributed by atoms with Crippen molar-refractivity contribution in [3.63, 3.8) is 0 Å². The van der Waals surface area contributed by atoms with Gasteiger partial charge in [-0.15, -0.1) is 0 Å².